The van der Waals surface area contributed by atoms with Gasteiger partial charge in [-0.25, -0.2) is 4.98 Å². The number of hydrogen-bond acceptors (Lipinski definition) is 3. The van der Waals surface area contributed by atoms with Crippen LogP contribution in [0.1, 0.15) is 26.3 Å². The van der Waals surface area contributed by atoms with Gasteiger partial charge in [-0.1, -0.05) is 0 Å². The summed E-state index contributed by atoms with van der Waals surface area (Å²) in [6.07, 6.45) is 5.25. The van der Waals surface area contributed by atoms with Crippen molar-refractivity contribution in [1.29, 1.82) is 0 Å². The van der Waals surface area contributed by atoms with Crippen LogP contribution >= 0.6 is 0 Å². The number of hydrogen-bond donors (Lipinski definition) is 1. The van der Waals surface area contributed by atoms with Crippen molar-refractivity contribution in [2.75, 3.05) is 31.6 Å². The van der Waals surface area contributed by atoms with Crippen LogP contribution in [0.25, 0.3) is 0 Å². The van der Waals surface area contributed by atoms with E-state index >= 15 is 0 Å². The van der Waals surface area contributed by atoms with Crippen LogP contribution < -0.4 is 10.2 Å². The minimum atomic E-state index is 0.487. The van der Waals surface area contributed by atoms with Gasteiger partial charge in [0.05, 0.1) is 0 Å². The molecule has 2 heterocycles. The number of anilines is 1. The molecule has 0 aliphatic carbocycles. The van der Waals surface area contributed by atoms with E-state index in [0.29, 0.717) is 6.04 Å². The molecule has 0 bridgehead atoms. The lowest BCUT2D eigenvalue weighted by molar-refractivity contribution is 0.544. The molecule has 1 unspecified atom stereocenters. The highest BCUT2D eigenvalue weighted by atomic mass is 15.3. The molecule has 16 heavy (non-hydrogen) atoms. The molecule has 1 atom stereocenters. The zero-order chi connectivity index (χ0) is 11.5. The Balaban J connectivity index is 2.05. The number of aromatic nitrogens is 2. The molecule has 1 saturated heterocycles. The Morgan fingerprint density at radius 2 is 2.38 bits per heavy atom. The molecule has 0 amide bonds. The Kier molecular flexibility index (Phi) is 3.49. The Labute approximate surface area is 97.7 Å². The van der Waals surface area contributed by atoms with Gasteiger partial charge in [-0.05, 0) is 39.8 Å². The van der Waals surface area contributed by atoms with Gasteiger partial charge in [0.25, 0.3) is 0 Å². The first-order valence-electron chi connectivity index (χ1n) is 6.14. The summed E-state index contributed by atoms with van der Waals surface area (Å²) in [5, 5.41) is 3.26. The van der Waals surface area contributed by atoms with Gasteiger partial charge < -0.3 is 14.8 Å². The molecule has 0 radical (unpaired) electrons. The van der Waals surface area contributed by atoms with Gasteiger partial charge in [0.1, 0.15) is 0 Å². The van der Waals surface area contributed by atoms with Crippen molar-refractivity contribution in [3.8, 4) is 0 Å². The number of imidazole rings is 1. The van der Waals surface area contributed by atoms with Gasteiger partial charge >= 0.3 is 0 Å². The van der Waals surface area contributed by atoms with Crippen LogP contribution in [0.2, 0.25) is 0 Å². The second kappa shape index (κ2) is 4.87. The van der Waals surface area contributed by atoms with Crippen LogP contribution in [0.5, 0.6) is 0 Å². The van der Waals surface area contributed by atoms with E-state index < -0.39 is 0 Å². The Morgan fingerprint density at radius 3 is 3.06 bits per heavy atom. The molecule has 4 nitrogen and oxygen atoms in total. The maximum Gasteiger partial charge on any atom is 0.205 e. The molecule has 0 spiro atoms. The summed E-state index contributed by atoms with van der Waals surface area (Å²) >= 11 is 0. The molecular weight excluding hydrogens is 200 g/mol. The van der Waals surface area contributed by atoms with Gasteiger partial charge in [-0.15, -0.1) is 0 Å². The van der Waals surface area contributed by atoms with Crippen molar-refractivity contribution in [2.45, 2.75) is 26.3 Å². The topological polar surface area (TPSA) is 33.1 Å². The van der Waals surface area contributed by atoms with E-state index in [4.69, 9.17) is 0 Å². The van der Waals surface area contributed by atoms with Crippen molar-refractivity contribution in [1.82, 2.24) is 14.9 Å². The molecule has 1 fully saturated rings. The fraction of sp³-hybridized carbons (Fsp3) is 0.750. The summed E-state index contributed by atoms with van der Waals surface area (Å²) in [7, 11) is 2.03. The first kappa shape index (κ1) is 11.5. The largest absolute Gasteiger partial charge is 0.342 e. The third-order valence-corrected chi connectivity index (χ3v) is 3.27. The van der Waals surface area contributed by atoms with E-state index in [9.17, 15) is 0 Å². The van der Waals surface area contributed by atoms with E-state index in [-0.39, 0.29) is 0 Å². The summed E-state index contributed by atoms with van der Waals surface area (Å²) in [5.74, 6) is 1.90. The standard InChI is InChI=1S/C12H22N4/c1-10(2)16-7-5-14-12(16)15-6-4-11(9-15)8-13-3/h5,7,10-11,13H,4,6,8-9H2,1-3H3. The van der Waals surface area contributed by atoms with Gasteiger partial charge in [-0.3, -0.25) is 0 Å². The van der Waals surface area contributed by atoms with Crippen LogP contribution in [-0.4, -0.2) is 36.2 Å². The lowest BCUT2D eigenvalue weighted by Gasteiger charge is -2.21. The lowest BCUT2D eigenvalue weighted by atomic mass is 10.1. The van der Waals surface area contributed by atoms with Gasteiger partial charge in [0.2, 0.25) is 5.95 Å². The Hall–Kier alpha value is -1.03. The molecule has 1 N–H and O–H groups in total. The van der Waals surface area contributed by atoms with E-state index in [2.05, 4.69) is 39.8 Å². The molecule has 90 valence electrons. The molecule has 1 aliphatic heterocycles. The summed E-state index contributed by atoms with van der Waals surface area (Å²) in [5.41, 5.74) is 0. The van der Waals surface area contributed by atoms with Gasteiger partial charge in [-0.2, -0.15) is 0 Å². The van der Waals surface area contributed by atoms with E-state index in [1.165, 1.54) is 6.42 Å². The maximum atomic E-state index is 4.48. The van der Waals surface area contributed by atoms with Crippen LogP contribution in [0, 0.1) is 5.92 Å². The zero-order valence-corrected chi connectivity index (χ0v) is 10.5. The monoisotopic (exact) mass is 222 g/mol. The van der Waals surface area contributed by atoms with Crippen molar-refractivity contribution in [3.05, 3.63) is 12.4 Å². The quantitative estimate of drug-likeness (QED) is 0.838. The van der Waals surface area contributed by atoms with Crippen LogP contribution in [0.15, 0.2) is 12.4 Å². The minimum absolute atomic E-state index is 0.487. The van der Waals surface area contributed by atoms with E-state index in [1.54, 1.807) is 0 Å². The second-order valence-corrected chi connectivity index (χ2v) is 4.89. The number of rotatable bonds is 4. The molecule has 0 aromatic carbocycles. The second-order valence-electron chi connectivity index (χ2n) is 4.89. The van der Waals surface area contributed by atoms with E-state index in [0.717, 1.165) is 31.5 Å². The summed E-state index contributed by atoms with van der Waals surface area (Å²) < 4.78 is 2.25. The third-order valence-electron chi connectivity index (χ3n) is 3.27. The maximum absolute atomic E-state index is 4.48. The number of nitrogens with zero attached hydrogens (tertiary/aromatic N) is 3. The van der Waals surface area contributed by atoms with Crippen LogP contribution in [-0.2, 0) is 0 Å². The Bertz CT molecular complexity index is 332. The predicted molar refractivity (Wildman–Crippen MR) is 66.9 cm³/mol. The number of nitrogens with one attached hydrogen (secondary N) is 1. The van der Waals surface area contributed by atoms with Crippen LogP contribution in [0.3, 0.4) is 0 Å². The molecule has 1 aliphatic rings. The molecule has 4 heteroatoms. The normalized spacial score (nSPS) is 21.0. The first-order valence-corrected chi connectivity index (χ1v) is 6.14. The highest BCUT2D eigenvalue weighted by Crippen LogP contribution is 2.24. The average molecular weight is 222 g/mol. The van der Waals surface area contributed by atoms with E-state index in [1.807, 2.05) is 13.2 Å². The molecule has 1 aromatic rings. The summed E-state index contributed by atoms with van der Waals surface area (Å²) in [6, 6.07) is 0.487. The summed E-state index contributed by atoms with van der Waals surface area (Å²) in [4.78, 5) is 6.89. The van der Waals surface area contributed by atoms with Crippen molar-refractivity contribution in [3.63, 3.8) is 0 Å². The van der Waals surface area contributed by atoms with Crippen LogP contribution in [0.4, 0.5) is 5.95 Å². The molecule has 0 saturated carbocycles. The highest BCUT2D eigenvalue weighted by molar-refractivity contribution is 5.33. The van der Waals surface area contributed by atoms with Gasteiger partial charge in [0.15, 0.2) is 0 Å². The molecule has 1 aromatic heterocycles. The van der Waals surface area contributed by atoms with Crippen molar-refractivity contribution < 1.29 is 0 Å². The average Bonchev–Trinajstić information content (AvgIpc) is 2.83. The van der Waals surface area contributed by atoms with Gasteiger partial charge in [0, 0.05) is 31.5 Å². The first-order chi connectivity index (χ1) is 7.72. The minimum Gasteiger partial charge on any atom is -0.342 e. The smallest absolute Gasteiger partial charge is 0.205 e. The fourth-order valence-corrected chi connectivity index (χ4v) is 2.42. The summed E-state index contributed by atoms with van der Waals surface area (Å²) in [6.45, 7) is 7.78. The molecule has 2 rings (SSSR count). The SMILES string of the molecule is CNCC1CCN(c2nccn2C(C)C)C1. The third kappa shape index (κ3) is 2.21. The Morgan fingerprint density at radius 1 is 1.56 bits per heavy atom. The zero-order valence-electron chi connectivity index (χ0n) is 10.5. The predicted octanol–water partition coefficient (Wildman–Crippen LogP) is 1.51. The van der Waals surface area contributed by atoms with Crippen molar-refractivity contribution >= 4 is 5.95 Å². The van der Waals surface area contributed by atoms with Crippen molar-refractivity contribution in [2.24, 2.45) is 5.92 Å². The fourth-order valence-electron chi connectivity index (χ4n) is 2.42. The highest BCUT2D eigenvalue weighted by Gasteiger charge is 2.25. The lowest BCUT2D eigenvalue weighted by Crippen LogP contribution is -2.26. The molecular formula is C12H22N4.